The Kier molecular flexibility index (Phi) is 4.46. The van der Waals surface area contributed by atoms with Crippen LogP contribution in [-0.2, 0) is 16.6 Å². The zero-order chi connectivity index (χ0) is 15.6. The quantitative estimate of drug-likeness (QED) is 0.845. The summed E-state index contributed by atoms with van der Waals surface area (Å²) >= 11 is 5.72. The van der Waals surface area contributed by atoms with Gasteiger partial charge in [0.2, 0.25) is 10.0 Å². The van der Waals surface area contributed by atoms with E-state index in [0.29, 0.717) is 5.56 Å². The third-order valence-electron chi connectivity index (χ3n) is 2.70. The van der Waals surface area contributed by atoms with Gasteiger partial charge in [0.25, 0.3) is 0 Å². The third kappa shape index (κ3) is 3.69. The van der Waals surface area contributed by atoms with E-state index in [0.717, 1.165) is 12.1 Å². The van der Waals surface area contributed by atoms with Crippen LogP contribution in [0.4, 0.5) is 14.5 Å². The van der Waals surface area contributed by atoms with Gasteiger partial charge in [-0.1, -0.05) is 23.7 Å². The maximum absolute atomic E-state index is 13.2. The van der Waals surface area contributed by atoms with Crippen LogP contribution >= 0.6 is 11.6 Å². The maximum Gasteiger partial charge on any atom is 0.242 e. The summed E-state index contributed by atoms with van der Waals surface area (Å²) in [7, 11) is -3.99. The molecule has 0 saturated heterocycles. The van der Waals surface area contributed by atoms with Gasteiger partial charge < -0.3 is 5.73 Å². The van der Waals surface area contributed by atoms with E-state index in [2.05, 4.69) is 4.72 Å². The van der Waals surface area contributed by atoms with E-state index >= 15 is 0 Å². The van der Waals surface area contributed by atoms with E-state index in [4.69, 9.17) is 17.3 Å². The average molecular weight is 333 g/mol. The number of halogens is 3. The molecule has 0 aliphatic rings. The number of benzene rings is 2. The van der Waals surface area contributed by atoms with Gasteiger partial charge in [0, 0.05) is 6.54 Å². The predicted molar refractivity (Wildman–Crippen MR) is 76.2 cm³/mol. The minimum atomic E-state index is -3.99. The lowest BCUT2D eigenvalue weighted by Crippen LogP contribution is -2.24. The van der Waals surface area contributed by atoms with E-state index in [1.54, 1.807) is 6.07 Å². The van der Waals surface area contributed by atoms with Gasteiger partial charge in [-0.25, -0.2) is 21.9 Å². The Labute approximate surface area is 125 Å². The molecule has 0 spiro atoms. The van der Waals surface area contributed by atoms with Gasteiger partial charge in [-0.15, -0.1) is 0 Å². The van der Waals surface area contributed by atoms with Crippen molar-refractivity contribution in [2.75, 3.05) is 5.73 Å². The second-order valence-electron chi connectivity index (χ2n) is 4.26. The monoisotopic (exact) mass is 332 g/mol. The summed E-state index contributed by atoms with van der Waals surface area (Å²) in [6.45, 7) is -0.131. The molecule has 21 heavy (non-hydrogen) atoms. The number of rotatable bonds is 4. The molecule has 0 aliphatic carbocycles. The third-order valence-corrected chi connectivity index (χ3v) is 4.56. The highest BCUT2D eigenvalue weighted by Crippen LogP contribution is 2.26. The van der Waals surface area contributed by atoms with Gasteiger partial charge in [0.05, 0.1) is 10.7 Å². The molecule has 3 N–H and O–H groups in total. The van der Waals surface area contributed by atoms with Crippen LogP contribution in [0.2, 0.25) is 5.02 Å². The van der Waals surface area contributed by atoms with Crippen molar-refractivity contribution >= 4 is 27.3 Å². The van der Waals surface area contributed by atoms with Crippen molar-refractivity contribution in [2.24, 2.45) is 0 Å². The topological polar surface area (TPSA) is 72.2 Å². The Bertz CT molecular complexity index is 782. The van der Waals surface area contributed by atoms with E-state index in [1.165, 1.54) is 18.2 Å². The molecule has 0 amide bonds. The van der Waals surface area contributed by atoms with E-state index in [9.17, 15) is 17.2 Å². The first kappa shape index (κ1) is 15.7. The summed E-state index contributed by atoms with van der Waals surface area (Å²) in [5.41, 5.74) is 5.44. The Hall–Kier alpha value is -1.70. The van der Waals surface area contributed by atoms with Gasteiger partial charge in [0.15, 0.2) is 0 Å². The normalized spacial score (nSPS) is 11.6. The SMILES string of the molecule is Nc1cc(S(=O)(=O)NCc2cccc(F)c2)c(Cl)cc1F. The van der Waals surface area contributed by atoms with E-state index in [-0.39, 0.29) is 22.2 Å². The number of hydrogen-bond donors (Lipinski definition) is 2. The largest absolute Gasteiger partial charge is 0.396 e. The van der Waals surface area contributed by atoms with Crippen molar-refractivity contribution in [3.05, 3.63) is 58.6 Å². The molecule has 4 nitrogen and oxygen atoms in total. The van der Waals surface area contributed by atoms with Crippen LogP contribution in [0.3, 0.4) is 0 Å². The van der Waals surface area contributed by atoms with Gasteiger partial charge in [-0.05, 0) is 29.8 Å². The molecule has 0 heterocycles. The molecule has 0 bridgehead atoms. The molecule has 2 rings (SSSR count). The van der Waals surface area contributed by atoms with Crippen molar-refractivity contribution < 1.29 is 17.2 Å². The van der Waals surface area contributed by atoms with Crippen molar-refractivity contribution in [1.82, 2.24) is 4.72 Å². The van der Waals surface area contributed by atoms with Crippen molar-refractivity contribution in [2.45, 2.75) is 11.4 Å². The molecule has 0 saturated carbocycles. The summed E-state index contributed by atoms with van der Waals surface area (Å²) < 4.78 is 52.7. The van der Waals surface area contributed by atoms with Gasteiger partial charge in [-0.3, -0.25) is 0 Å². The van der Waals surface area contributed by atoms with Gasteiger partial charge >= 0.3 is 0 Å². The van der Waals surface area contributed by atoms with E-state index in [1.807, 2.05) is 0 Å². The second-order valence-corrected chi connectivity index (χ2v) is 6.40. The molecule has 0 aliphatic heterocycles. The summed E-state index contributed by atoms with van der Waals surface area (Å²) in [6.07, 6.45) is 0. The minimum absolute atomic E-state index is 0.131. The molecule has 0 atom stereocenters. The number of nitrogens with two attached hydrogens (primary N) is 1. The summed E-state index contributed by atoms with van der Waals surface area (Å²) in [5.74, 6) is -1.28. The smallest absolute Gasteiger partial charge is 0.242 e. The van der Waals surface area contributed by atoms with Crippen molar-refractivity contribution in [1.29, 1.82) is 0 Å². The Balaban J connectivity index is 2.25. The molecular formula is C13H11ClF2N2O2S. The Morgan fingerprint density at radius 1 is 1.19 bits per heavy atom. The lowest BCUT2D eigenvalue weighted by Gasteiger charge is -2.10. The molecule has 2 aromatic carbocycles. The van der Waals surface area contributed by atoms with Crippen molar-refractivity contribution in [3.8, 4) is 0 Å². The molecular weight excluding hydrogens is 322 g/mol. The molecule has 0 unspecified atom stereocenters. The molecule has 2 aromatic rings. The standard InChI is InChI=1S/C13H11ClF2N2O2S/c14-10-5-11(16)12(17)6-13(10)21(19,20)18-7-8-2-1-3-9(15)4-8/h1-6,18H,7,17H2. The predicted octanol–water partition coefficient (Wildman–Crippen LogP) is 2.68. The second kappa shape index (κ2) is 5.97. The fraction of sp³-hybridized carbons (Fsp3) is 0.0769. The molecule has 0 radical (unpaired) electrons. The highest BCUT2D eigenvalue weighted by molar-refractivity contribution is 7.89. The van der Waals surface area contributed by atoms with Crippen molar-refractivity contribution in [3.63, 3.8) is 0 Å². The number of hydrogen-bond acceptors (Lipinski definition) is 3. The Morgan fingerprint density at radius 2 is 1.90 bits per heavy atom. The Morgan fingerprint density at radius 3 is 2.57 bits per heavy atom. The molecule has 8 heteroatoms. The summed E-state index contributed by atoms with van der Waals surface area (Å²) in [5, 5.41) is -0.284. The highest BCUT2D eigenvalue weighted by atomic mass is 35.5. The molecule has 0 fully saturated rings. The van der Waals surface area contributed by atoms with Crippen LogP contribution in [0.5, 0.6) is 0 Å². The molecule has 0 aromatic heterocycles. The fourth-order valence-electron chi connectivity index (χ4n) is 1.65. The zero-order valence-corrected chi connectivity index (χ0v) is 12.2. The van der Waals surface area contributed by atoms with Crippen LogP contribution in [0, 0.1) is 11.6 Å². The van der Waals surface area contributed by atoms with Crippen LogP contribution in [0.25, 0.3) is 0 Å². The van der Waals surface area contributed by atoms with Crippen LogP contribution in [0.15, 0.2) is 41.3 Å². The number of anilines is 1. The van der Waals surface area contributed by atoms with Crippen LogP contribution in [-0.4, -0.2) is 8.42 Å². The molecule has 112 valence electrons. The fourth-order valence-corrected chi connectivity index (χ4v) is 3.22. The summed E-state index contributed by atoms with van der Waals surface area (Å²) in [4.78, 5) is -0.334. The maximum atomic E-state index is 13.2. The number of nitrogens with one attached hydrogen (secondary N) is 1. The highest BCUT2D eigenvalue weighted by Gasteiger charge is 2.19. The first-order chi connectivity index (χ1) is 9.79. The van der Waals surface area contributed by atoms with Gasteiger partial charge in [-0.2, -0.15) is 0 Å². The number of nitrogen functional groups attached to an aromatic ring is 1. The van der Waals surface area contributed by atoms with Gasteiger partial charge in [0.1, 0.15) is 16.5 Å². The first-order valence-corrected chi connectivity index (χ1v) is 7.64. The number of sulfonamides is 1. The average Bonchev–Trinajstić information content (AvgIpc) is 2.41. The first-order valence-electron chi connectivity index (χ1n) is 5.78. The lowest BCUT2D eigenvalue weighted by atomic mass is 10.2. The summed E-state index contributed by atoms with van der Waals surface area (Å²) in [6, 6.07) is 7.23. The van der Waals surface area contributed by atoms with Crippen LogP contribution < -0.4 is 10.5 Å². The van der Waals surface area contributed by atoms with E-state index < -0.39 is 21.7 Å². The zero-order valence-electron chi connectivity index (χ0n) is 10.6. The minimum Gasteiger partial charge on any atom is -0.396 e. The lowest BCUT2D eigenvalue weighted by molar-refractivity contribution is 0.579. The van der Waals surface area contributed by atoms with Crippen LogP contribution in [0.1, 0.15) is 5.56 Å².